The molecule has 0 atom stereocenters. The summed E-state index contributed by atoms with van der Waals surface area (Å²) in [5.74, 6) is 1.70. The van der Waals surface area contributed by atoms with E-state index in [9.17, 15) is 4.79 Å². The molecule has 4 rings (SSSR count). The van der Waals surface area contributed by atoms with Crippen molar-refractivity contribution in [3.8, 4) is 5.75 Å². The molecule has 7 heteroatoms. The molecule has 166 valence electrons. The highest BCUT2D eigenvalue weighted by Gasteiger charge is 2.18. The van der Waals surface area contributed by atoms with Crippen molar-refractivity contribution < 1.29 is 9.53 Å². The maximum Gasteiger partial charge on any atom is 0.323 e. The van der Waals surface area contributed by atoms with Gasteiger partial charge in [-0.3, -0.25) is 4.90 Å². The number of carbonyl (C=O) groups excluding carboxylic acids is 1. The number of rotatable bonds is 7. The molecule has 2 amide bonds. The Bertz CT molecular complexity index is 1000. The summed E-state index contributed by atoms with van der Waals surface area (Å²) in [6, 6.07) is 21.2. The highest BCUT2D eigenvalue weighted by Crippen LogP contribution is 2.24. The number of piperazine rings is 1. The van der Waals surface area contributed by atoms with Crippen LogP contribution in [0.4, 0.5) is 22.0 Å². The van der Waals surface area contributed by atoms with E-state index < -0.39 is 0 Å². The lowest BCUT2D eigenvalue weighted by atomic mass is 10.1. The van der Waals surface area contributed by atoms with Crippen molar-refractivity contribution in [3.63, 3.8) is 0 Å². The van der Waals surface area contributed by atoms with Crippen LogP contribution in [0.3, 0.4) is 0 Å². The van der Waals surface area contributed by atoms with E-state index in [2.05, 4.69) is 43.6 Å². The van der Waals surface area contributed by atoms with Crippen LogP contribution < -0.4 is 20.3 Å². The molecule has 0 radical (unpaired) electrons. The fourth-order valence-corrected chi connectivity index (χ4v) is 3.76. The van der Waals surface area contributed by atoms with Gasteiger partial charge in [-0.1, -0.05) is 30.3 Å². The van der Waals surface area contributed by atoms with Crippen molar-refractivity contribution in [3.05, 3.63) is 78.5 Å². The Morgan fingerprint density at radius 1 is 0.938 bits per heavy atom. The van der Waals surface area contributed by atoms with Gasteiger partial charge in [-0.25, -0.2) is 9.78 Å². The van der Waals surface area contributed by atoms with Gasteiger partial charge in [0.05, 0.1) is 12.3 Å². The first kappa shape index (κ1) is 21.6. The van der Waals surface area contributed by atoms with Crippen LogP contribution in [0, 0.1) is 0 Å². The first-order valence-electron chi connectivity index (χ1n) is 11.0. The smallest absolute Gasteiger partial charge is 0.323 e. The minimum absolute atomic E-state index is 0.296. The molecule has 1 fully saturated rings. The van der Waals surface area contributed by atoms with E-state index in [0.29, 0.717) is 18.0 Å². The summed E-state index contributed by atoms with van der Waals surface area (Å²) >= 11 is 0. The summed E-state index contributed by atoms with van der Waals surface area (Å²) in [4.78, 5) is 21.6. The molecular weight excluding hydrogens is 402 g/mol. The van der Waals surface area contributed by atoms with Gasteiger partial charge in [0, 0.05) is 44.6 Å². The molecule has 1 saturated heterocycles. The topological polar surface area (TPSA) is 69.7 Å². The molecule has 2 heterocycles. The molecule has 3 aromatic rings. The Morgan fingerprint density at radius 3 is 2.41 bits per heavy atom. The van der Waals surface area contributed by atoms with Crippen molar-refractivity contribution >= 4 is 23.2 Å². The van der Waals surface area contributed by atoms with Gasteiger partial charge < -0.3 is 20.3 Å². The van der Waals surface area contributed by atoms with Gasteiger partial charge in [0.1, 0.15) is 11.6 Å². The Labute approximate surface area is 189 Å². The van der Waals surface area contributed by atoms with Crippen molar-refractivity contribution in [1.29, 1.82) is 0 Å². The van der Waals surface area contributed by atoms with E-state index in [1.807, 2.05) is 61.7 Å². The monoisotopic (exact) mass is 431 g/mol. The normalized spacial score (nSPS) is 14.1. The molecule has 2 N–H and O–H groups in total. The molecule has 1 aromatic heterocycles. The SMILES string of the molecule is CCOc1ccccc1NC(=O)Nc1ccc(CN2CCN(c3ccccn3)CC2)cc1. The Kier molecular flexibility index (Phi) is 7.19. The van der Waals surface area contributed by atoms with Crippen molar-refractivity contribution in [2.24, 2.45) is 0 Å². The van der Waals surface area contributed by atoms with Gasteiger partial charge in [-0.15, -0.1) is 0 Å². The van der Waals surface area contributed by atoms with Crippen molar-refractivity contribution in [2.75, 3.05) is 48.3 Å². The molecule has 0 unspecified atom stereocenters. The second kappa shape index (κ2) is 10.6. The lowest BCUT2D eigenvalue weighted by molar-refractivity contribution is 0.249. The summed E-state index contributed by atoms with van der Waals surface area (Å²) in [6.07, 6.45) is 1.84. The van der Waals surface area contributed by atoms with Crippen LogP contribution in [-0.2, 0) is 6.54 Å². The van der Waals surface area contributed by atoms with Gasteiger partial charge in [-0.05, 0) is 48.9 Å². The van der Waals surface area contributed by atoms with Crippen molar-refractivity contribution in [1.82, 2.24) is 9.88 Å². The molecule has 2 aromatic carbocycles. The fourth-order valence-electron chi connectivity index (χ4n) is 3.76. The van der Waals surface area contributed by atoms with Gasteiger partial charge >= 0.3 is 6.03 Å². The first-order valence-corrected chi connectivity index (χ1v) is 11.0. The summed E-state index contributed by atoms with van der Waals surface area (Å²) in [6.45, 7) is 7.29. The largest absolute Gasteiger partial charge is 0.492 e. The molecule has 0 bridgehead atoms. The number of pyridine rings is 1. The number of hydrogen-bond donors (Lipinski definition) is 2. The fraction of sp³-hybridized carbons (Fsp3) is 0.280. The minimum atomic E-state index is -0.296. The summed E-state index contributed by atoms with van der Waals surface area (Å²) < 4.78 is 5.55. The van der Waals surface area contributed by atoms with Crippen LogP contribution in [0.5, 0.6) is 5.75 Å². The van der Waals surface area contributed by atoms with Crippen LogP contribution in [0.1, 0.15) is 12.5 Å². The van der Waals surface area contributed by atoms with Gasteiger partial charge in [0.2, 0.25) is 0 Å². The maximum absolute atomic E-state index is 12.4. The van der Waals surface area contributed by atoms with E-state index in [1.54, 1.807) is 0 Å². The van der Waals surface area contributed by atoms with Crippen molar-refractivity contribution in [2.45, 2.75) is 13.5 Å². The molecule has 0 saturated carbocycles. The number of aromatic nitrogens is 1. The van der Waals surface area contributed by atoms with Crippen LogP contribution in [0.15, 0.2) is 72.9 Å². The van der Waals surface area contributed by atoms with E-state index in [1.165, 1.54) is 5.56 Å². The molecule has 7 nitrogen and oxygen atoms in total. The number of ether oxygens (including phenoxy) is 1. The van der Waals surface area contributed by atoms with Gasteiger partial charge in [0.25, 0.3) is 0 Å². The van der Waals surface area contributed by atoms with E-state index >= 15 is 0 Å². The minimum Gasteiger partial charge on any atom is -0.492 e. The third-order valence-corrected chi connectivity index (χ3v) is 5.40. The third kappa shape index (κ3) is 5.76. The molecule has 1 aliphatic rings. The number of carbonyl (C=O) groups is 1. The number of hydrogen-bond acceptors (Lipinski definition) is 5. The van der Waals surface area contributed by atoms with E-state index in [-0.39, 0.29) is 6.03 Å². The number of urea groups is 1. The molecular formula is C25H29N5O2. The molecule has 32 heavy (non-hydrogen) atoms. The summed E-state index contributed by atoms with van der Waals surface area (Å²) in [7, 11) is 0. The second-order valence-electron chi connectivity index (χ2n) is 7.66. The number of nitrogens with zero attached hydrogens (tertiary/aromatic N) is 3. The number of anilines is 3. The summed E-state index contributed by atoms with van der Waals surface area (Å²) in [5, 5.41) is 5.73. The van der Waals surface area contributed by atoms with Crippen LogP contribution in [0.2, 0.25) is 0 Å². The molecule has 0 spiro atoms. The Balaban J connectivity index is 1.26. The highest BCUT2D eigenvalue weighted by atomic mass is 16.5. The molecule has 0 aliphatic carbocycles. The number of nitrogens with one attached hydrogen (secondary N) is 2. The zero-order chi connectivity index (χ0) is 22.2. The number of para-hydroxylation sites is 2. The van der Waals surface area contributed by atoms with Crippen LogP contribution in [0.25, 0.3) is 0 Å². The first-order chi connectivity index (χ1) is 15.7. The number of benzene rings is 2. The Morgan fingerprint density at radius 2 is 1.69 bits per heavy atom. The second-order valence-corrected chi connectivity index (χ2v) is 7.66. The van der Waals surface area contributed by atoms with E-state index in [0.717, 1.165) is 44.2 Å². The van der Waals surface area contributed by atoms with Gasteiger partial charge in [-0.2, -0.15) is 0 Å². The average molecular weight is 432 g/mol. The summed E-state index contributed by atoms with van der Waals surface area (Å²) in [5.41, 5.74) is 2.62. The average Bonchev–Trinajstić information content (AvgIpc) is 2.83. The lowest BCUT2D eigenvalue weighted by Crippen LogP contribution is -2.46. The zero-order valence-corrected chi connectivity index (χ0v) is 18.3. The molecule has 1 aliphatic heterocycles. The quantitative estimate of drug-likeness (QED) is 0.579. The predicted octanol–water partition coefficient (Wildman–Crippen LogP) is 4.45. The lowest BCUT2D eigenvalue weighted by Gasteiger charge is -2.35. The highest BCUT2D eigenvalue weighted by molar-refractivity contribution is 6.00. The van der Waals surface area contributed by atoms with Gasteiger partial charge in [0.15, 0.2) is 0 Å². The zero-order valence-electron chi connectivity index (χ0n) is 18.3. The van der Waals surface area contributed by atoms with Crippen LogP contribution in [-0.4, -0.2) is 48.7 Å². The standard InChI is InChI=1S/C25H29N5O2/c1-2-32-23-8-4-3-7-22(23)28-25(31)27-21-12-10-20(11-13-21)19-29-15-17-30(18-16-29)24-9-5-6-14-26-24/h3-14H,2,15-19H2,1H3,(H2,27,28,31). The van der Waals surface area contributed by atoms with Crippen LogP contribution >= 0.6 is 0 Å². The third-order valence-electron chi connectivity index (χ3n) is 5.40. The predicted molar refractivity (Wildman–Crippen MR) is 128 cm³/mol. The Hall–Kier alpha value is -3.58. The number of amides is 2. The van der Waals surface area contributed by atoms with E-state index in [4.69, 9.17) is 4.74 Å². The maximum atomic E-state index is 12.4.